The Labute approximate surface area is 179 Å². The number of ketones is 2. The minimum absolute atomic E-state index is 0. The van der Waals surface area contributed by atoms with E-state index in [4.69, 9.17) is 8.83 Å². The summed E-state index contributed by atoms with van der Waals surface area (Å²) < 4.78 is 10.3. The Balaban J connectivity index is 0.000000437. The molecule has 2 heterocycles. The quantitative estimate of drug-likeness (QED) is 0.170. The summed E-state index contributed by atoms with van der Waals surface area (Å²) in [4.78, 5) is 24.5. The van der Waals surface area contributed by atoms with E-state index in [1.807, 2.05) is 30.3 Å². The Bertz CT molecular complexity index is 943. The molecule has 0 bridgehead atoms. The molecule has 2 aromatic heterocycles. The minimum Gasteiger partial charge on any atom is -0.748 e. The molecule has 0 radical (unpaired) electrons. The van der Waals surface area contributed by atoms with E-state index < -0.39 is 0 Å². The van der Waals surface area contributed by atoms with Crippen molar-refractivity contribution in [2.75, 3.05) is 0 Å². The summed E-state index contributed by atoms with van der Waals surface area (Å²) in [6, 6.07) is 21.9. The van der Waals surface area contributed by atoms with Crippen LogP contribution in [0.2, 0.25) is 0 Å². The first kappa shape index (κ1) is 21.9. The van der Waals surface area contributed by atoms with Crippen LogP contribution in [0.1, 0.15) is 32.2 Å². The second kappa shape index (κ2) is 11.4. The van der Waals surface area contributed by atoms with E-state index >= 15 is 0 Å². The van der Waals surface area contributed by atoms with Crippen LogP contribution in [-0.4, -0.2) is 11.6 Å². The van der Waals surface area contributed by atoms with Gasteiger partial charge in [-0.1, -0.05) is 11.6 Å². The van der Waals surface area contributed by atoms with Gasteiger partial charge in [0.05, 0.1) is 12.5 Å². The van der Waals surface area contributed by atoms with Crippen molar-refractivity contribution in [1.82, 2.24) is 0 Å². The monoisotopic (exact) mass is 426 g/mol. The van der Waals surface area contributed by atoms with Crippen molar-refractivity contribution in [2.24, 2.45) is 0 Å². The van der Waals surface area contributed by atoms with Crippen LogP contribution in [0.4, 0.5) is 0 Å². The molecule has 4 nitrogen and oxygen atoms in total. The van der Waals surface area contributed by atoms with E-state index in [0.717, 1.165) is 0 Å². The van der Waals surface area contributed by atoms with Crippen LogP contribution in [0.25, 0.3) is 12.2 Å². The topological polar surface area (TPSA) is 60.4 Å². The van der Waals surface area contributed by atoms with Crippen molar-refractivity contribution in [2.45, 2.75) is 0 Å². The predicted octanol–water partition coefficient (Wildman–Crippen LogP) is 5.79. The van der Waals surface area contributed by atoms with Gasteiger partial charge in [0.15, 0.2) is 0 Å². The number of hydrogen-bond donors (Lipinski definition) is 0. The molecule has 152 valence electrons. The van der Waals surface area contributed by atoms with E-state index in [1.54, 1.807) is 54.6 Å². The zero-order valence-corrected chi connectivity index (χ0v) is 16.5. The van der Waals surface area contributed by atoms with Crippen molar-refractivity contribution in [3.63, 3.8) is 0 Å². The molecule has 0 atom stereocenters. The van der Waals surface area contributed by atoms with Gasteiger partial charge in [-0.15, -0.1) is 12.1 Å². The molecule has 0 aliphatic rings. The molecule has 29 heavy (non-hydrogen) atoms. The van der Waals surface area contributed by atoms with Crippen LogP contribution in [0.3, 0.4) is 0 Å². The van der Waals surface area contributed by atoms with Gasteiger partial charge in [-0.2, -0.15) is 6.07 Å². The van der Waals surface area contributed by atoms with Crippen LogP contribution >= 0.6 is 0 Å². The van der Waals surface area contributed by atoms with Gasteiger partial charge in [0.1, 0.15) is 23.1 Å². The molecule has 0 fully saturated rings. The third kappa shape index (κ3) is 6.61. The summed E-state index contributed by atoms with van der Waals surface area (Å²) in [7, 11) is 0. The summed E-state index contributed by atoms with van der Waals surface area (Å²) in [6.07, 6.45) is 8.98. The fraction of sp³-hybridized carbons (Fsp3) is 0. The van der Waals surface area contributed by atoms with Crippen LogP contribution in [0.15, 0.2) is 106 Å². The largest absolute Gasteiger partial charge is 0.748 e. The Morgan fingerprint density at radius 2 is 1.34 bits per heavy atom. The Morgan fingerprint density at radius 3 is 1.86 bits per heavy atom. The Hall–Kier alpha value is -3.40. The minimum atomic E-state index is -0.249. The van der Waals surface area contributed by atoms with E-state index in [0.29, 0.717) is 22.6 Å². The zero-order chi connectivity index (χ0) is 19.6. The van der Waals surface area contributed by atoms with Crippen LogP contribution in [0, 0.1) is 0 Å². The second-order valence-electron chi connectivity index (χ2n) is 5.74. The predicted molar refractivity (Wildman–Crippen MR) is 108 cm³/mol. The number of furan rings is 2. The third-order valence-electron chi connectivity index (χ3n) is 3.79. The smallest absolute Gasteiger partial charge is 0.126 e. The van der Waals surface area contributed by atoms with E-state index in [9.17, 15) is 9.59 Å². The van der Waals surface area contributed by atoms with E-state index in [2.05, 4.69) is 0 Å². The van der Waals surface area contributed by atoms with Gasteiger partial charge in [0.2, 0.25) is 0 Å². The molecular weight excluding hydrogens is 408 g/mol. The molecule has 0 aliphatic heterocycles. The summed E-state index contributed by atoms with van der Waals surface area (Å²) in [6.45, 7) is 0. The van der Waals surface area contributed by atoms with Gasteiger partial charge in [-0.25, -0.2) is 0 Å². The molecule has 0 amide bonds. The number of hydrogen-bond acceptors (Lipinski definition) is 4. The Kier molecular flexibility index (Phi) is 8.64. The van der Waals surface area contributed by atoms with Gasteiger partial charge in [-0.3, -0.25) is 0 Å². The molecule has 0 N–H and O–H groups in total. The van der Waals surface area contributed by atoms with Gasteiger partial charge in [0, 0.05) is 17.1 Å². The van der Waals surface area contributed by atoms with Gasteiger partial charge in [-0.05, 0) is 48.1 Å². The van der Waals surface area contributed by atoms with Crippen molar-refractivity contribution in [1.29, 1.82) is 0 Å². The summed E-state index contributed by atoms with van der Waals surface area (Å²) in [5, 5.41) is 0. The number of allylic oxidation sites excluding steroid dienone is 2. The maximum Gasteiger partial charge on any atom is 0.126 e. The maximum atomic E-state index is 12.2. The van der Waals surface area contributed by atoms with Crippen LogP contribution < -0.4 is 0 Å². The number of carbonyl (C=O) groups is 2. The summed E-state index contributed by atoms with van der Waals surface area (Å²) in [5.74, 6) is 0.660. The molecule has 0 aliphatic carbocycles. The molecule has 5 heteroatoms. The average molecular weight is 426 g/mol. The third-order valence-corrected chi connectivity index (χ3v) is 3.79. The molecule has 4 rings (SSSR count). The van der Waals surface area contributed by atoms with E-state index in [-0.39, 0.29) is 28.6 Å². The van der Waals surface area contributed by atoms with E-state index in [1.165, 1.54) is 24.7 Å². The standard InChI is InChI=1S/C19H13O4.C5H5.Fe/c20-18(10-8-14-4-2-12-22-14)16-6-1-7-17(16)19(21)11-9-15-5-3-13-23-15;1-2-4-5-3-1;/h1-13H;1-5H;/q-1;-5;. The van der Waals surface area contributed by atoms with Gasteiger partial charge in [0.25, 0.3) is 0 Å². The van der Waals surface area contributed by atoms with Crippen LogP contribution in [0.5, 0.6) is 0 Å². The van der Waals surface area contributed by atoms with Crippen molar-refractivity contribution in [3.8, 4) is 0 Å². The molecule has 0 unspecified atom stereocenters. The van der Waals surface area contributed by atoms with Crippen molar-refractivity contribution >= 4 is 23.7 Å². The summed E-state index contributed by atoms with van der Waals surface area (Å²) >= 11 is 0. The SMILES string of the molecule is O=C(C=Cc1ccco1)c1ccc[c-]1C(=O)C=Cc1ccco1.[Fe].[cH-]1[cH-][cH-][cH-][cH-]1. The fourth-order valence-electron chi connectivity index (χ4n) is 2.44. The molecule has 0 saturated heterocycles. The molecule has 0 spiro atoms. The molecule has 2 aromatic carbocycles. The second-order valence-corrected chi connectivity index (χ2v) is 5.74. The molecular formula is C24H18FeO4-6. The first-order valence-corrected chi connectivity index (χ1v) is 8.68. The van der Waals surface area contributed by atoms with Gasteiger partial charge < -0.3 is 48.8 Å². The van der Waals surface area contributed by atoms with Gasteiger partial charge >= 0.3 is 0 Å². The summed E-state index contributed by atoms with van der Waals surface area (Å²) in [5.41, 5.74) is 0.726. The molecule has 4 aromatic rings. The van der Waals surface area contributed by atoms with Crippen LogP contribution in [-0.2, 0) is 17.1 Å². The fourth-order valence-corrected chi connectivity index (χ4v) is 2.44. The number of rotatable bonds is 6. The Morgan fingerprint density at radius 1 is 0.793 bits per heavy atom. The zero-order valence-electron chi connectivity index (χ0n) is 15.4. The normalized spacial score (nSPS) is 10.5. The first-order chi connectivity index (χ1) is 13.7. The van der Waals surface area contributed by atoms with Crippen molar-refractivity contribution in [3.05, 3.63) is 120 Å². The first-order valence-electron chi connectivity index (χ1n) is 8.68. The van der Waals surface area contributed by atoms with Crippen molar-refractivity contribution < 1.29 is 35.5 Å². The average Bonchev–Trinajstić information content (AvgIpc) is 3.54. The molecule has 0 saturated carbocycles. The maximum absolute atomic E-state index is 12.2. The number of carbonyl (C=O) groups excluding carboxylic acids is 2.